The molecule has 0 saturated heterocycles. The molecule has 2 N–H and O–H groups in total. The Morgan fingerprint density at radius 1 is 1.06 bits per heavy atom. The van der Waals surface area contributed by atoms with E-state index < -0.39 is 0 Å². The van der Waals surface area contributed by atoms with Crippen molar-refractivity contribution in [2.45, 2.75) is 33.6 Å². The third-order valence-corrected chi connectivity index (χ3v) is 5.50. The molecule has 0 radical (unpaired) electrons. The molecule has 1 heterocycles. The lowest BCUT2D eigenvalue weighted by atomic mass is 10.1. The smallest absolute Gasteiger partial charge is 0.274 e. The van der Waals surface area contributed by atoms with E-state index in [2.05, 4.69) is 16.4 Å². The second-order valence-corrected chi connectivity index (χ2v) is 7.59. The van der Waals surface area contributed by atoms with E-state index in [1.54, 1.807) is 12.1 Å². The Labute approximate surface area is 194 Å². The topological polar surface area (TPSA) is 105 Å². The van der Waals surface area contributed by atoms with E-state index in [9.17, 15) is 9.90 Å². The molecule has 172 valence electrons. The molecule has 3 aromatic rings. The van der Waals surface area contributed by atoms with Gasteiger partial charge < -0.3 is 20.2 Å². The minimum atomic E-state index is -0.379. The number of nitriles is 1. The summed E-state index contributed by atoms with van der Waals surface area (Å²) in [5.74, 6) is 0.835. The lowest BCUT2D eigenvalue weighted by Crippen LogP contribution is -2.29. The predicted molar refractivity (Wildman–Crippen MR) is 132 cm³/mol. The number of fused-ring (bicyclic) bond motifs is 1. The summed E-state index contributed by atoms with van der Waals surface area (Å²) in [5.41, 5.74) is 0.759. The van der Waals surface area contributed by atoms with Gasteiger partial charge in [-0.15, -0.1) is 0 Å². The summed E-state index contributed by atoms with van der Waals surface area (Å²) >= 11 is 0. The highest BCUT2D eigenvalue weighted by Gasteiger charge is 2.18. The van der Waals surface area contributed by atoms with Gasteiger partial charge in [-0.3, -0.25) is 4.79 Å². The van der Waals surface area contributed by atoms with E-state index in [-0.39, 0.29) is 17.4 Å². The molecule has 0 aliphatic heterocycles. The van der Waals surface area contributed by atoms with Crippen LogP contribution in [0, 0.1) is 11.3 Å². The van der Waals surface area contributed by atoms with Gasteiger partial charge in [-0.1, -0.05) is 24.3 Å². The molecule has 8 heteroatoms. The average Bonchev–Trinajstić information content (AvgIpc) is 2.82. The molecule has 0 aliphatic carbocycles. The zero-order valence-electron chi connectivity index (χ0n) is 19.4. The van der Waals surface area contributed by atoms with Crippen LogP contribution in [0.25, 0.3) is 10.8 Å². The second-order valence-electron chi connectivity index (χ2n) is 7.59. The Morgan fingerprint density at radius 2 is 1.79 bits per heavy atom. The van der Waals surface area contributed by atoms with E-state index in [0.29, 0.717) is 56.5 Å². The molecule has 33 heavy (non-hydrogen) atoms. The highest BCUT2D eigenvalue weighted by molar-refractivity contribution is 6.09. The number of hydrogen-bond acceptors (Lipinski definition) is 7. The number of nitrogens with one attached hydrogen (secondary N) is 1. The Kier molecular flexibility index (Phi) is 8.03. The first-order valence-electron chi connectivity index (χ1n) is 11.3. The quantitative estimate of drug-likeness (QED) is 0.440. The number of phenolic OH excluding ortho intramolecular Hbond substituents is 1. The van der Waals surface area contributed by atoms with Crippen molar-refractivity contribution >= 4 is 34.1 Å². The van der Waals surface area contributed by atoms with Gasteiger partial charge in [-0.25, -0.2) is 4.98 Å². The molecule has 0 fully saturated rings. The average molecular weight is 447 g/mol. The maximum Gasteiger partial charge on any atom is 0.274 e. The number of hydrogen-bond donors (Lipinski definition) is 2. The molecule has 0 aliphatic rings. The van der Waals surface area contributed by atoms with Crippen LogP contribution in [0.4, 0.5) is 17.5 Å². The Bertz CT molecular complexity index is 1150. The fourth-order valence-corrected chi connectivity index (χ4v) is 3.72. The van der Waals surface area contributed by atoms with Crippen molar-refractivity contribution in [3.63, 3.8) is 0 Å². The van der Waals surface area contributed by atoms with Crippen LogP contribution in [-0.4, -0.2) is 47.2 Å². The summed E-state index contributed by atoms with van der Waals surface area (Å²) in [5, 5.41) is 23.6. The number of carbonyl (C=O) groups is 1. The molecule has 0 spiro atoms. The fourth-order valence-electron chi connectivity index (χ4n) is 3.72. The van der Waals surface area contributed by atoms with E-state index in [1.165, 1.54) is 6.07 Å². The monoisotopic (exact) mass is 446 g/mol. The molecule has 0 bridgehead atoms. The zero-order chi connectivity index (χ0) is 23.8. The molecule has 2 aromatic carbocycles. The number of unbranched alkanes of at least 4 members (excludes halogenated alkanes) is 1. The first-order chi connectivity index (χ1) is 16.0. The molecule has 0 saturated carbocycles. The van der Waals surface area contributed by atoms with Gasteiger partial charge in [0.05, 0.1) is 11.8 Å². The third-order valence-electron chi connectivity index (χ3n) is 5.50. The normalized spacial score (nSPS) is 10.6. The van der Waals surface area contributed by atoms with Crippen molar-refractivity contribution in [1.29, 1.82) is 5.26 Å². The summed E-state index contributed by atoms with van der Waals surface area (Å²) in [6.45, 7) is 8.82. The van der Waals surface area contributed by atoms with Crippen LogP contribution in [0.3, 0.4) is 0 Å². The largest absolute Gasteiger partial charge is 0.508 e. The summed E-state index contributed by atoms with van der Waals surface area (Å²) in [6, 6.07) is 14.6. The van der Waals surface area contributed by atoms with Crippen molar-refractivity contribution in [2.75, 3.05) is 41.3 Å². The number of carbonyl (C=O) groups excluding carboxylic acids is 1. The van der Waals surface area contributed by atoms with Crippen molar-refractivity contribution < 1.29 is 9.90 Å². The van der Waals surface area contributed by atoms with Gasteiger partial charge in [0.2, 0.25) is 5.95 Å². The molecular weight excluding hydrogens is 416 g/mol. The minimum absolute atomic E-state index is 0.0749. The van der Waals surface area contributed by atoms with Gasteiger partial charge in [0.25, 0.3) is 5.91 Å². The van der Waals surface area contributed by atoms with E-state index in [1.807, 2.05) is 54.8 Å². The lowest BCUT2D eigenvalue weighted by molar-refractivity contribution is 0.102. The van der Waals surface area contributed by atoms with Gasteiger partial charge in [0, 0.05) is 50.1 Å². The third kappa shape index (κ3) is 5.69. The van der Waals surface area contributed by atoms with Gasteiger partial charge in [-0.2, -0.15) is 10.2 Å². The zero-order valence-corrected chi connectivity index (χ0v) is 19.4. The Balaban J connectivity index is 1.99. The van der Waals surface area contributed by atoms with Crippen LogP contribution in [0.2, 0.25) is 0 Å². The van der Waals surface area contributed by atoms with Crippen molar-refractivity contribution in [3.8, 4) is 11.8 Å². The number of rotatable bonds is 10. The molecular formula is C25H30N6O2. The SMILES string of the molecule is CCN(CCCC#N)c1cc(C(=O)Nc2cc(O)cc3ccccc23)nc(N(CC)CC)n1. The highest BCUT2D eigenvalue weighted by Crippen LogP contribution is 2.29. The minimum Gasteiger partial charge on any atom is -0.508 e. The van der Waals surface area contributed by atoms with Gasteiger partial charge in [-0.05, 0) is 38.6 Å². The molecule has 0 atom stereocenters. The number of phenols is 1. The standard InChI is InChI=1S/C25H30N6O2/c1-4-30(5-2)25-28-22(17-23(29-25)31(6-3)14-10-9-13-26)24(33)27-21-16-19(32)15-18-11-7-8-12-20(18)21/h7-8,11-12,15-17,32H,4-6,9-10,14H2,1-3H3,(H,27,33). The van der Waals surface area contributed by atoms with Crippen LogP contribution in [0.5, 0.6) is 5.75 Å². The fraction of sp³-hybridized carbons (Fsp3) is 0.360. The molecule has 8 nitrogen and oxygen atoms in total. The maximum absolute atomic E-state index is 13.3. The first kappa shape index (κ1) is 23.8. The van der Waals surface area contributed by atoms with E-state index >= 15 is 0 Å². The number of anilines is 3. The van der Waals surface area contributed by atoms with Gasteiger partial charge in [0.15, 0.2) is 0 Å². The van der Waals surface area contributed by atoms with Crippen LogP contribution in [-0.2, 0) is 0 Å². The summed E-state index contributed by atoms with van der Waals surface area (Å²) in [6.07, 6.45) is 1.17. The molecule has 0 unspecified atom stereocenters. The molecule has 1 aromatic heterocycles. The Morgan fingerprint density at radius 3 is 2.48 bits per heavy atom. The Hall–Kier alpha value is -3.86. The predicted octanol–water partition coefficient (Wildman–Crippen LogP) is 4.56. The summed E-state index contributed by atoms with van der Waals surface area (Å²) in [4.78, 5) is 26.6. The number of amides is 1. The highest BCUT2D eigenvalue weighted by atomic mass is 16.3. The molecule has 3 rings (SSSR count). The van der Waals surface area contributed by atoms with E-state index in [4.69, 9.17) is 10.2 Å². The maximum atomic E-state index is 13.3. The van der Waals surface area contributed by atoms with Crippen LogP contribution < -0.4 is 15.1 Å². The number of benzene rings is 2. The lowest BCUT2D eigenvalue weighted by Gasteiger charge is -2.25. The van der Waals surface area contributed by atoms with Crippen LogP contribution in [0.15, 0.2) is 42.5 Å². The van der Waals surface area contributed by atoms with Crippen LogP contribution >= 0.6 is 0 Å². The van der Waals surface area contributed by atoms with Gasteiger partial charge >= 0.3 is 0 Å². The number of nitrogens with zero attached hydrogens (tertiary/aromatic N) is 5. The number of aromatic nitrogens is 2. The van der Waals surface area contributed by atoms with Crippen LogP contribution in [0.1, 0.15) is 44.1 Å². The molecule has 1 amide bonds. The second kappa shape index (κ2) is 11.1. The summed E-state index contributed by atoms with van der Waals surface area (Å²) in [7, 11) is 0. The summed E-state index contributed by atoms with van der Waals surface area (Å²) < 4.78 is 0. The van der Waals surface area contributed by atoms with E-state index in [0.717, 1.165) is 10.8 Å². The van der Waals surface area contributed by atoms with Crippen molar-refractivity contribution in [2.24, 2.45) is 0 Å². The number of aromatic hydroxyl groups is 1. The first-order valence-corrected chi connectivity index (χ1v) is 11.3. The van der Waals surface area contributed by atoms with Crippen molar-refractivity contribution in [1.82, 2.24) is 9.97 Å². The van der Waals surface area contributed by atoms with Crippen molar-refractivity contribution in [3.05, 3.63) is 48.2 Å². The van der Waals surface area contributed by atoms with Gasteiger partial charge in [0.1, 0.15) is 17.3 Å².